The summed E-state index contributed by atoms with van der Waals surface area (Å²) >= 11 is 7.11. The first-order valence-corrected chi connectivity index (χ1v) is 5.29. The van der Waals surface area contributed by atoms with Gasteiger partial charge in [0.2, 0.25) is 0 Å². The topological polar surface area (TPSA) is 20.3 Å². The molecule has 0 aliphatic carbocycles. The number of amides is 1. The third kappa shape index (κ3) is 2.45. The van der Waals surface area contributed by atoms with Gasteiger partial charge in [-0.2, -0.15) is 0 Å². The van der Waals surface area contributed by atoms with E-state index in [-0.39, 0.29) is 11.9 Å². The smallest absolute Gasteiger partial charge is 0.263 e. The fourth-order valence-electron chi connectivity index (χ4n) is 0.834. The van der Waals surface area contributed by atoms with Crippen LogP contribution in [0.3, 0.4) is 0 Å². The van der Waals surface area contributed by atoms with Crippen LogP contribution < -0.4 is 0 Å². The molecule has 1 aromatic heterocycles. The highest BCUT2D eigenvalue weighted by Crippen LogP contribution is 2.20. The maximum atomic E-state index is 11.7. The molecule has 72 valence electrons. The molecular weight excluding hydrogens is 206 g/mol. The van der Waals surface area contributed by atoms with Crippen LogP contribution in [0.1, 0.15) is 23.5 Å². The molecule has 0 N–H and O–H groups in total. The van der Waals surface area contributed by atoms with Crippen molar-refractivity contribution >= 4 is 28.8 Å². The zero-order valence-corrected chi connectivity index (χ0v) is 9.45. The van der Waals surface area contributed by atoms with Gasteiger partial charge in [0.05, 0.1) is 9.90 Å². The first kappa shape index (κ1) is 10.5. The Bertz CT molecular complexity index is 308. The van der Waals surface area contributed by atoms with Gasteiger partial charge in [0.1, 0.15) is 0 Å². The first-order chi connectivity index (χ1) is 6.02. The number of thiophene rings is 1. The third-order valence-electron chi connectivity index (χ3n) is 1.87. The number of hydrogen-bond acceptors (Lipinski definition) is 2. The highest BCUT2D eigenvalue weighted by Gasteiger charge is 2.15. The van der Waals surface area contributed by atoms with Crippen molar-refractivity contribution in [1.29, 1.82) is 0 Å². The van der Waals surface area contributed by atoms with E-state index in [0.717, 1.165) is 0 Å². The van der Waals surface area contributed by atoms with Gasteiger partial charge in [0.25, 0.3) is 5.91 Å². The molecule has 1 amide bonds. The van der Waals surface area contributed by atoms with Crippen LogP contribution >= 0.6 is 22.9 Å². The Balaban J connectivity index is 2.79. The minimum absolute atomic E-state index is 0.0342. The lowest BCUT2D eigenvalue weighted by Gasteiger charge is -2.20. The minimum Gasteiger partial charge on any atom is -0.339 e. The van der Waals surface area contributed by atoms with Gasteiger partial charge in [0, 0.05) is 18.5 Å². The molecule has 0 saturated carbocycles. The molecule has 2 nitrogen and oxygen atoms in total. The lowest BCUT2D eigenvalue weighted by atomic mass is 10.3. The maximum absolute atomic E-state index is 11.7. The van der Waals surface area contributed by atoms with Crippen molar-refractivity contribution in [2.45, 2.75) is 19.9 Å². The molecule has 0 bridgehead atoms. The molecule has 0 aliphatic rings. The molecule has 1 rings (SSSR count). The van der Waals surface area contributed by atoms with Crippen molar-refractivity contribution in [1.82, 2.24) is 4.90 Å². The quantitative estimate of drug-likeness (QED) is 0.746. The Morgan fingerprint density at radius 3 is 2.62 bits per heavy atom. The molecule has 0 saturated heterocycles. The van der Waals surface area contributed by atoms with Crippen LogP contribution in [-0.4, -0.2) is 23.9 Å². The summed E-state index contributed by atoms with van der Waals surface area (Å²) in [6.45, 7) is 3.96. The number of carbonyl (C=O) groups is 1. The van der Waals surface area contributed by atoms with E-state index in [1.807, 2.05) is 13.8 Å². The van der Waals surface area contributed by atoms with E-state index in [0.29, 0.717) is 9.90 Å². The summed E-state index contributed by atoms with van der Waals surface area (Å²) in [6.07, 6.45) is 0. The maximum Gasteiger partial charge on any atom is 0.263 e. The van der Waals surface area contributed by atoms with Crippen LogP contribution in [0.5, 0.6) is 0 Å². The molecule has 0 aliphatic heterocycles. The Morgan fingerprint density at radius 1 is 1.62 bits per heavy atom. The van der Waals surface area contributed by atoms with Crippen LogP contribution in [-0.2, 0) is 0 Å². The predicted molar refractivity (Wildman–Crippen MR) is 56.6 cm³/mol. The third-order valence-corrected chi connectivity index (χ3v) is 3.14. The average Bonchev–Trinajstić information content (AvgIpc) is 2.49. The van der Waals surface area contributed by atoms with Gasteiger partial charge < -0.3 is 4.90 Å². The van der Waals surface area contributed by atoms with Gasteiger partial charge in [0.15, 0.2) is 0 Å². The Labute approximate surface area is 87.1 Å². The van der Waals surface area contributed by atoms with Gasteiger partial charge in [-0.25, -0.2) is 0 Å². The summed E-state index contributed by atoms with van der Waals surface area (Å²) in [5.41, 5.74) is 0. The van der Waals surface area contributed by atoms with Gasteiger partial charge in [-0.05, 0) is 19.9 Å². The van der Waals surface area contributed by atoms with Crippen molar-refractivity contribution in [3.05, 3.63) is 21.3 Å². The second-order valence-electron chi connectivity index (χ2n) is 3.14. The van der Waals surface area contributed by atoms with E-state index in [1.54, 1.807) is 23.4 Å². The van der Waals surface area contributed by atoms with Crippen molar-refractivity contribution < 1.29 is 4.79 Å². The largest absolute Gasteiger partial charge is 0.339 e. The SMILES string of the molecule is CC(C)N(C)C(=O)c1cc(Cl)cs1. The van der Waals surface area contributed by atoms with E-state index in [2.05, 4.69) is 0 Å². The highest BCUT2D eigenvalue weighted by molar-refractivity contribution is 7.12. The molecule has 1 aromatic rings. The molecule has 13 heavy (non-hydrogen) atoms. The second kappa shape index (κ2) is 4.11. The molecular formula is C9H12ClNOS. The summed E-state index contributed by atoms with van der Waals surface area (Å²) in [7, 11) is 1.79. The molecule has 0 fully saturated rings. The molecule has 4 heteroatoms. The van der Waals surface area contributed by atoms with Crippen molar-refractivity contribution in [3.63, 3.8) is 0 Å². The van der Waals surface area contributed by atoms with E-state index in [1.165, 1.54) is 11.3 Å². The van der Waals surface area contributed by atoms with Gasteiger partial charge in [-0.15, -0.1) is 11.3 Å². The molecule has 0 aromatic carbocycles. The average molecular weight is 218 g/mol. The number of hydrogen-bond donors (Lipinski definition) is 0. The number of nitrogens with zero attached hydrogens (tertiary/aromatic N) is 1. The summed E-state index contributed by atoms with van der Waals surface area (Å²) in [4.78, 5) is 14.1. The van der Waals surface area contributed by atoms with Gasteiger partial charge in [-0.3, -0.25) is 4.79 Å². The molecule has 0 spiro atoms. The van der Waals surface area contributed by atoms with Crippen LogP contribution in [0.25, 0.3) is 0 Å². The summed E-state index contributed by atoms with van der Waals surface area (Å²) in [5, 5.41) is 2.40. The number of rotatable bonds is 2. The Hall–Kier alpha value is -0.540. The first-order valence-electron chi connectivity index (χ1n) is 4.03. The highest BCUT2D eigenvalue weighted by atomic mass is 35.5. The van der Waals surface area contributed by atoms with Crippen LogP contribution in [0.15, 0.2) is 11.4 Å². The van der Waals surface area contributed by atoms with Crippen molar-refractivity contribution in [2.24, 2.45) is 0 Å². The Morgan fingerprint density at radius 2 is 2.23 bits per heavy atom. The molecule has 0 unspecified atom stereocenters. The number of carbonyl (C=O) groups excluding carboxylic acids is 1. The second-order valence-corrected chi connectivity index (χ2v) is 4.49. The monoisotopic (exact) mass is 217 g/mol. The lowest BCUT2D eigenvalue weighted by Crippen LogP contribution is -2.32. The fraction of sp³-hybridized carbons (Fsp3) is 0.444. The van der Waals surface area contributed by atoms with Crippen molar-refractivity contribution in [2.75, 3.05) is 7.05 Å². The van der Waals surface area contributed by atoms with Crippen LogP contribution in [0.2, 0.25) is 5.02 Å². The summed E-state index contributed by atoms with van der Waals surface area (Å²) < 4.78 is 0. The normalized spacial score (nSPS) is 10.5. The fourth-order valence-corrected chi connectivity index (χ4v) is 1.89. The van der Waals surface area contributed by atoms with E-state index in [4.69, 9.17) is 11.6 Å². The molecule has 0 atom stereocenters. The zero-order chi connectivity index (χ0) is 10.0. The standard InChI is InChI=1S/C9H12ClNOS/c1-6(2)11(3)9(12)8-4-7(10)5-13-8/h4-6H,1-3H3. The summed E-state index contributed by atoms with van der Waals surface area (Å²) in [5.74, 6) is 0.0342. The van der Waals surface area contributed by atoms with E-state index in [9.17, 15) is 4.79 Å². The Kier molecular flexibility index (Phi) is 3.33. The lowest BCUT2D eigenvalue weighted by molar-refractivity contribution is 0.0760. The van der Waals surface area contributed by atoms with E-state index >= 15 is 0 Å². The van der Waals surface area contributed by atoms with Crippen LogP contribution in [0, 0.1) is 0 Å². The minimum atomic E-state index is 0.0342. The molecule has 1 heterocycles. The summed E-state index contributed by atoms with van der Waals surface area (Å²) in [6, 6.07) is 1.92. The molecule has 0 radical (unpaired) electrons. The van der Waals surface area contributed by atoms with Crippen molar-refractivity contribution in [3.8, 4) is 0 Å². The zero-order valence-electron chi connectivity index (χ0n) is 7.87. The van der Waals surface area contributed by atoms with Gasteiger partial charge >= 0.3 is 0 Å². The van der Waals surface area contributed by atoms with Gasteiger partial charge in [-0.1, -0.05) is 11.6 Å². The predicted octanol–water partition coefficient (Wildman–Crippen LogP) is 2.88. The number of halogens is 1. The van der Waals surface area contributed by atoms with Crippen LogP contribution in [0.4, 0.5) is 0 Å². The van der Waals surface area contributed by atoms with E-state index < -0.39 is 0 Å².